The first-order chi connectivity index (χ1) is 12.4. The molecule has 0 radical (unpaired) electrons. The number of ether oxygens (including phenoxy) is 2. The maximum Gasteiger partial charge on any atom is 0.342 e. The monoisotopic (exact) mass is 376 g/mol. The summed E-state index contributed by atoms with van der Waals surface area (Å²) in [4.78, 5) is 34.6. The SMILES string of the molecule is CC(OC(=O)c1ccccc1OCc1ccc(Cl)cc1)C(=O)NC(N)=O. The van der Waals surface area contributed by atoms with Gasteiger partial charge in [0.1, 0.15) is 17.9 Å². The first-order valence-corrected chi connectivity index (χ1v) is 8.02. The second-order valence-electron chi connectivity index (χ2n) is 5.31. The van der Waals surface area contributed by atoms with Crippen molar-refractivity contribution in [3.05, 3.63) is 64.7 Å². The van der Waals surface area contributed by atoms with Gasteiger partial charge in [0.2, 0.25) is 0 Å². The summed E-state index contributed by atoms with van der Waals surface area (Å²) in [6.45, 7) is 1.55. The molecule has 0 fully saturated rings. The third kappa shape index (κ3) is 5.49. The van der Waals surface area contributed by atoms with Crippen LogP contribution >= 0.6 is 11.6 Å². The minimum absolute atomic E-state index is 0.153. The molecule has 1 atom stereocenters. The number of rotatable bonds is 6. The molecule has 0 saturated heterocycles. The van der Waals surface area contributed by atoms with E-state index in [1.165, 1.54) is 13.0 Å². The molecule has 0 aliphatic carbocycles. The quantitative estimate of drug-likeness (QED) is 0.753. The number of nitrogens with one attached hydrogen (secondary N) is 1. The van der Waals surface area contributed by atoms with E-state index < -0.39 is 24.0 Å². The molecule has 0 bridgehead atoms. The van der Waals surface area contributed by atoms with Gasteiger partial charge in [-0.05, 0) is 36.8 Å². The normalized spacial score (nSPS) is 11.3. The number of hydrogen-bond acceptors (Lipinski definition) is 5. The Morgan fingerprint density at radius 2 is 1.77 bits per heavy atom. The first-order valence-electron chi connectivity index (χ1n) is 7.64. The molecular formula is C18H17ClN2O5. The van der Waals surface area contributed by atoms with Gasteiger partial charge in [-0.1, -0.05) is 35.9 Å². The molecule has 0 aliphatic heterocycles. The van der Waals surface area contributed by atoms with Crippen molar-refractivity contribution < 1.29 is 23.9 Å². The number of carbonyl (C=O) groups excluding carboxylic acids is 3. The van der Waals surface area contributed by atoms with Crippen LogP contribution < -0.4 is 15.8 Å². The Bertz CT molecular complexity index is 807. The van der Waals surface area contributed by atoms with Crippen LogP contribution in [0.25, 0.3) is 0 Å². The Balaban J connectivity index is 2.05. The molecule has 136 valence electrons. The lowest BCUT2D eigenvalue weighted by molar-refractivity contribution is -0.127. The third-order valence-corrected chi connectivity index (χ3v) is 3.57. The van der Waals surface area contributed by atoms with Crippen LogP contribution in [0.15, 0.2) is 48.5 Å². The number of para-hydroxylation sites is 1. The topological polar surface area (TPSA) is 108 Å². The van der Waals surface area contributed by atoms with E-state index in [1.54, 1.807) is 42.5 Å². The van der Waals surface area contributed by atoms with Crippen molar-refractivity contribution >= 4 is 29.5 Å². The summed E-state index contributed by atoms with van der Waals surface area (Å²) in [5, 5.41) is 2.46. The summed E-state index contributed by atoms with van der Waals surface area (Å²) >= 11 is 5.84. The maximum atomic E-state index is 12.3. The van der Waals surface area contributed by atoms with Crippen LogP contribution in [0.5, 0.6) is 5.75 Å². The first kappa shape index (κ1) is 19.3. The van der Waals surface area contributed by atoms with Gasteiger partial charge in [0.25, 0.3) is 5.91 Å². The number of urea groups is 1. The van der Waals surface area contributed by atoms with Crippen molar-refractivity contribution in [2.75, 3.05) is 0 Å². The zero-order valence-corrected chi connectivity index (χ0v) is 14.7. The second kappa shape index (κ2) is 8.87. The van der Waals surface area contributed by atoms with Gasteiger partial charge in [-0.2, -0.15) is 0 Å². The van der Waals surface area contributed by atoms with Crippen molar-refractivity contribution in [3.8, 4) is 5.75 Å². The lowest BCUT2D eigenvalue weighted by Gasteiger charge is -2.14. The highest BCUT2D eigenvalue weighted by atomic mass is 35.5. The number of carbonyl (C=O) groups is 3. The lowest BCUT2D eigenvalue weighted by Crippen LogP contribution is -2.42. The van der Waals surface area contributed by atoms with E-state index in [9.17, 15) is 14.4 Å². The van der Waals surface area contributed by atoms with Crippen LogP contribution in [0.1, 0.15) is 22.8 Å². The van der Waals surface area contributed by atoms with Crippen LogP contribution in [0.4, 0.5) is 4.79 Å². The molecule has 8 heteroatoms. The number of nitrogens with two attached hydrogens (primary N) is 1. The van der Waals surface area contributed by atoms with Gasteiger partial charge in [-0.15, -0.1) is 0 Å². The van der Waals surface area contributed by atoms with E-state index in [4.69, 9.17) is 26.8 Å². The van der Waals surface area contributed by atoms with Crippen LogP contribution in [0.3, 0.4) is 0 Å². The number of primary amides is 1. The molecule has 0 aromatic heterocycles. The van der Waals surface area contributed by atoms with Crippen LogP contribution in [0.2, 0.25) is 5.02 Å². The number of esters is 1. The minimum Gasteiger partial charge on any atom is -0.488 e. The molecule has 7 nitrogen and oxygen atoms in total. The van der Waals surface area contributed by atoms with E-state index >= 15 is 0 Å². The van der Waals surface area contributed by atoms with Crippen LogP contribution in [0, 0.1) is 0 Å². The molecule has 0 aliphatic rings. The third-order valence-electron chi connectivity index (χ3n) is 3.31. The Morgan fingerprint density at radius 1 is 1.12 bits per heavy atom. The second-order valence-corrected chi connectivity index (χ2v) is 5.75. The molecule has 2 aromatic rings. The van der Waals surface area contributed by atoms with Gasteiger partial charge in [0, 0.05) is 5.02 Å². The molecule has 2 aromatic carbocycles. The fourth-order valence-corrected chi connectivity index (χ4v) is 2.13. The Kier molecular flexibility index (Phi) is 6.57. The number of imide groups is 1. The van der Waals surface area contributed by atoms with Crippen molar-refractivity contribution in [1.82, 2.24) is 5.32 Å². The van der Waals surface area contributed by atoms with Gasteiger partial charge in [0.15, 0.2) is 6.10 Å². The number of benzene rings is 2. The van der Waals surface area contributed by atoms with E-state index in [-0.39, 0.29) is 12.2 Å². The highest BCUT2D eigenvalue weighted by Crippen LogP contribution is 2.21. The van der Waals surface area contributed by atoms with Gasteiger partial charge in [0.05, 0.1) is 0 Å². The standard InChI is InChI=1S/C18H17ClN2O5/c1-11(16(22)21-18(20)24)26-17(23)14-4-2-3-5-15(14)25-10-12-6-8-13(19)9-7-12/h2-9,11H,10H2,1H3,(H3,20,21,22,24). The van der Waals surface area contributed by atoms with E-state index in [1.807, 2.05) is 5.32 Å². The maximum absolute atomic E-state index is 12.3. The van der Waals surface area contributed by atoms with Gasteiger partial charge < -0.3 is 15.2 Å². The van der Waals surface area contributed by atoms with Crippen molar-refractivity contribution in [1.29, 1.82) is 0 Å². The average Bonchev–Trinajstić information content (AvgIpc) is 2.60. The predicted octanol–water partition coefficient (Wildman–Crippen LogP) is 2.66. The van der Waals surface area contributed by atoms with E-state index in [2.05, 4.69) is 0 Å². The Hall–Kier alpha value is -3.06. The van der Waals surface area contributed by atoms with E-state index in [0.717, 1.165) is 5.56 Å². The number of halogens is 1. The molecule has 3 N–H and O–H groups in total. The average molecular weight is 377 g/mol. The highest BCUT2D eigenvalue weighted by molar-refractivity contribution is 6.30. The minimum atomic E-state index is -1.20. The number of amides is 3. The Labute approximate surface area is 155 Å². The molecule has 3 amide bonds. The Morgan fingerprint density at radius 3 is 2.42 bits per heavy atom. The molecule has 0 heterocycles. The van der Waals surface area contributed by atoms with Crippen LogP contribution in [-0.2, 0) is 16.1 Å². The summed E-state index contributed by atoms with van der Waals surface area (Å²) in [7, 11) is 0. The zero-order valence-electron chi connectivity index (χ0n) is 13.9. The van der Waals surface area contributed by atoms with Crippen molar-refractivity contribution in [2.24, 2.45) is 5.73 Å². The van der Waals surface area contributed by atoms with Crippen molar-refractivity contribution in [2.45, 2.75) is 19.6 Å². The molecule has 0 spiro atoms. The fourth-order valence-electron chi connectivity index (χ4n) is 2.00. The number of hydrogen-bond donors (Lipinski definition) is 2. The molecule has 0 saturated carbocycles. The lowest BCUT2D eigenvalue weighted by atomic mass is 10.2. The fraction of sp³-hybridized carbons (Fsp3) is 0.167. The van der Waals surface area contributed by atoms with Gasteiger partial charge in [-0.25, -0.2) is 9.59 Å². The molecule has 1 unspecified atom stereocenters. The summed E-state index contributed by atoms with van der Waals surface area (Å²) in [5.41, 5.74) is 5.88. The predicted molar refractivity (Wildman–Crippen MR) is 94.8 cm³/mol. The highest BCUT2D eigenvalue weighted by Gasteiger charge is 2.22. The van der Waals surface area contributed by atoms with Crippen LogP contribution in [-0.4, -0.2) is 24.0 Å². The summed E-state index contributed by atoms with van der Waals surface area (Å²) in [5.74, 6) is -1.27. The van der Waals surface area contributed by atoms with Gasteiger partial charge in [-0.3, -0.25) is 10.1 Å². The van der Waals surface area contributed by atoms with Crippen molar-refractivity contribution in [3.63, 3.8) is 0 Å². The zero-order chi connectivity index (χ0) is 19.1. The molecule has 26 heavy (non-hydrogen) atoms. The largest absolute Gasteiger partial charge is 0.488 e. The smallest absolute Gasteiger partial charge is 0.342 e. The molecular weight excluding hydrogens is 360 g/mol. The van der Waals surface area contributed by atoms with E-state index in [0.29, 0.717) is 10.8 Å². The summed E-state index contributed by atoms with van der Waals surface area (Å²) < 4.78 is 10.7. The molecule has 2 rings (SSSR count). The van der Waals surface area contributed by atoms with Gasteiger partial charge >= 0.3 is 12.0 Å². The summed E-state index contributed by atoms with van der Waals surface area (Å²) in [6, 6.07) is 12.5. The summed E-state index contributed by atoms with van der Waals surface area (Å²) in [6.07, 6.45) is -1.20.